The summed E-state index contributed by atoms with van der Waals surface area (Å²) in [5.41, 5.74) is 0.891. The quantitative estimate of drug-likeness (QED) is 0.170. The van der Waals surface area contributed by atoms with E-state index in [1.54, 1.807) is 24.3 Å². The van der Waals surface area contributed by atoms with Crippen LogP contribution in [-0.2, 0) is 9.59 Å². The van der Waals surface area contributed by atoms with Crippen LogP contribution in [-0.4, -0.2) is 25.0 Å². The van der Waals surface area contributed by atoms with Gasteiger partial charge in [-0.15, -0.1) is 0 Å². The smallest absolute Gasteiger partial charge is 0.311 e. The number of carbonyl (C=O) groups is 2. The molecule has 1 aromatic heterocycles. The second-order valence-electron chi connectivity index (χ2n) is 8.38. The molecule has 1 heterocycles. The van der Waals surface area contributed by atoms with Gasteiger partial charge in [-0.2, -0.15) is 0 Å². The summed E-state index contributed by atoms with van der Waals surface area (Å²) in [6.07, 6.45) is 3.61. The van der Waals surface area contributed by atoms with Gasteiger partial charge in [0.25, 0.3) is 5.91 Å². The first-order valence-electron chi connectivity index (χ1n) is 12.0. The van der Waals surface area contributed by atoms with Gasteiger partial charge < -0.3 is 19.2 Å². The fourth-order valence-electron chi connectivity index (χ4n) is 3.70. The predicted molar refractivity (Wildman–Crippen MR) is 137 cm³/mol. The van der Waals surface area contributed by atoms with Crippen molar-refractivity contribution >= 4 is 22.8 Å². The number of hydrogen-bond acceptors (Lipinski definition) is 6. The molecule has 37 heavy (non-hydrogen) atoms. The second kappa shape index (κ2) is 12.5. The Morgan fingerprint density at radius 1 is 0.892 bits per heavy atom. The molecule has 0 spiro atoms. The summed E-state index contributed by atoms with van der Waals surface area (Å²) in [5.74, 6) is -0.0713. The zero-order valence-electron chi connectivity index (χ0n) is 20.1. The van der Waals surface area contributed by atoms with Gasteiger partial charge in [-0.05, 0) is 54.8 Å². The fraction of sp³-hybridized carbons (Fsp3) is 0.207. The highest BCUT2D eigenvalue weighted by molar-refractivity contribution is 5.83. The van der Waals surface area contributed by atoms with E-state index in [9.17, 15) is 18.8 Å². The normalized spacial score (nSPS) is 10.7. The number of carbonyl (C=O) groups excluding carboxylic acids is 2. The van der Waals surface area contributed by atoms with Gasteiger partial charge in [0.2, 0.25) is 0 Å². The number of hydrogen-bond donors (Lipinski definition) is 1. The molecule has 1 amide bonds. The lowest BCUT2D eigenvalue weighted by Crippen LogP contribution is -2.29. The van der Waals surface area contributed by atoms with Crippen LogP contribution in [0, 0.1) is 5.82 Å². The number of para-hydroxylation sites is 1. The van der Waals surface area contributed by atoms with E-state index in [0.29, 0.717) is 35.2 Å². The van der Waals surface area contributed by atoms with Crippen molar-refractivity contribution in [3.63, 3.8) is 0 Å². The Bertz CT molecular complexity index is 1420. The molecule has 7 nitrogen and oxygen atoms in total. The number of nitrogens with one attached hydrogen (secondary N) is 1. The molecule has 0 aliphatic carbocycles. The third kappa shape index (κ3) is 7.27. The first-order chi connectivity index (χ1) is 18.0. The number of rotatable bonds is 11. The predicted octanol–water partition coefficient (Wildman–Crippen LogP) is 5.26. The van der Waals surface area contributed by atoms with Crippen LogP contribution in [0.4, 0.5) is 4.39 Å². The van der Waals surface area contributed by atoms with Gasteiger partial charge in [-0.25, -0.2) is 4.39 Å². The molecule has 4 rings (SSSR count). The van der Waals surface area contributed by atoms with Gasteiger partial charge in [0.05, 0.1) is 10.9 Å². The molecule has 0 unspecified atom stereocenters. The Morgan fingerprint density at radius 2 is 1.68 bits per heavy atom. The number of halogens is 1. The molecule has 190 valence electrons. The van der Waals surface area contributed by atoms with E-state index in [2.05, 4.69) is 5.32 Å². The van der Waals surface area contributed by atoms with Crippen molar-refractivity contribution in [1.82, 2.24) is 5.32 Å². The minimum atomic E-state index is -0.398. The summed E-state index contributed by atoms with van der Waals surface area (Å²) in [7, 11) is 0. The zero-order chi connectivity index (χ0) is 26.0. The maximum absolute atomic E-state index is 13.2. The Labute approximate surface area is 212 Å². The van der Waals surface area contributed by atoms with Gasteiger partial charge >= 0.3 is 5.97 Å². The molecule has 1 N–H and O–H groups in total. The Kier molecular flexibility index (Phi) is 8.65. The topological polar surface area (TPSA) is 94.8 Å². The van der Waals surface area contributed by atoms with E-state index in [1.807, 2.05) is 18.2 Å². The van der Waals surface area contributed by atoms with Crippen LogP contribution in [0.1, 0.15) is 25.7 Å². The van der Waals surface area contributed by atoms with Crippen LogP contribution in [0.5, 0.6) is 11.5 Å². The number of benzene rings is 3. The van der Waals surface area contributed by atoms with E-state index < -0.39 is 11.8 Å². The van der Waals surface area contributed by atoms with Crippen molar-refractivity contribution in [1.29, 1.82) is 0 Å². The highest BCUT2D eigenvalue weighted by atomic mass is 19.1. The minimum absolute atomic E-state index is 0.0459. The fourth-order valence-corrected chi connectivity index (χ4v) is 3.70. The maximum atomic E-state index is 13.2. The van der Waals surface area contributed by atoms with Gasteiger partial charge in [-0.1, -0.05) is 36.8 Å². The van der Waals surface area contributed by atoms with E-state index in [4.69, 9.17) is 13.9 Å². The molecule has 0 atom stereocenters. The van der Waals surface area contributed by atoms with Crippen molar-refractivity contribution in [2.45, 2.75) is 25.7 Å². The number of unbranched alkanes of at least 4 members (excludes halogenated alkanes) is 2. The summed E-state index contributed by atoms with van der Waals surface area (Å²) in [4.78, 5) is 36.9. The van der Waals surface area contributed by atoms with E-state index in [-0.39, 0.29) is 35.7 Å². The molecule has 0 aliphatic rings. The molecule has 0 radical (unpaired) electrons. The summed E-state index contributed by atoms with van der Waals surface area (Å²) in [5, 5.41) is 3.12. The largest absolute Gasteiger partial charge is 0.484 e. The lowest BCUT2D eigenvalue weighted by molar-refractivity contribution is -0.134. The standard InChI is InChI=1S/C29H26FNO6/c30-21-12-10-20(11-13-21)25-18-36-26-17-23(14-15-24(26)29(25)34)37-28(33)9-5-2-6-16-31-27(32)19-35-22-7-3-1-4-8-22/h1,3-4,7-8,10-15,17-18H,2,5-6,9,16,19H2,(H,31,32). The highest BCUT2D eigenvalue weighted by Gasteiger charge is 2.12. The maximum Gasteiger partial charge on any atom is 0.311 e. The molecular formula is C29H26FNO6. The van der Waals surface area contributed by atoms with Crippen LogP contribution >= 0.6 is 0 Å². The Balaban J connectivity index is 1.19. The van der Waals surface area contributed by atoms with E-state index >= 15 is 0 Å². The molecule has 8 heteroatoms. The number of ether oxygens (including phenoxy) is 2. The van der Waals surface area contributed by atoms with Crippen LogP contribution in [0.25, 0.3) is 22.1 Å². The Hall–Kier alpha value is -4.46. The Morgan fingerprint density at radius 3 is 2.46 bits per heavy atom. The first-order valence-corrected chi connectivity index (χ1v) is 12.0. The van der Waals surface area contributed by atoms with Gasteiger partial charge in [0.1, 0.15) is 29.2 Å². The summed E-state index contributed by atoms with van der Waals surface area (Å²) in [6, 6.07) is 19.3. The molecule has 0 saturated carbocycles. The lowest BCUT2D eigenvalue weighted by Gasteiger charge is -2.08. The molecule has 0 fully saturated rings. The van der Waals surface area contributed by atoms with Crippen molar-refractivity contribution < 1.29 is 27.9 Å². The van der Waals surface area contributed by atoms with Gasteiger partial charge in [-0.3, -0.25) is 14.4 Å². The molecule has 4 aromatic rings. The third-order valence-electron chi connectivity index (χ3n) is 5.63. The third-order valence-corrected chi connectivity index (χ3v) is 5.63. The molecule has 0 aliphatic heterocycles. The van der Waals surface area contributed by atoms with Gasteiger partial charge in [0, 0.05) is 19.0 Å². The zero-order valence-corrected chi connectivity index (χ0v) is 20.1. The summed E-state index contributed by atoms with van der Waals surface area (Å²) in [6.45, 7) is 0.450. The molecule has 0 saturated heterocycles. The van der Waals surface area contributed by atoms with Crippen molar-refractivity contribution in [3.05, 3.63) is 95.1 Å². The second-order valence-corrected chi connectivity index (χ2v) is 8.38. The van der Waals surface area contributed by atoms with Crippen LogP contribution in [0.3, 0.4) is 0 Å². The van der Waals surface area contributed by atoms with Crippen molar-refractivity contribution in [3.8, 4) is 22.6 Å². The monoisotopic (exact) mass is 503 g/mol. The highest BCUT2D eigenvalue weighted by Crippen LogP contribution is 2.23. The minimum Gasteiger partial charge on any atom is -0.484 e. The van der Waals surface area contributed by atoms with Crippen LogP contribution < -0.4 is 20.2 Å². The number of esters is 1. The molecular weight excluding hydrogens is 477 g/mol. The SMILES string of the molecule is O=C(COc1ccccc1)NCCCCCC(=O)Oc1ccc2c(=O)c(-c3ccc(F)cc3)coc2c1. The molecule has 3 aromatic carbocycles. The lowest BCUT2D eigenvalue weighted by atomic mass is 10.1. The van der Waals surface area contributed by atoms with E-state index in [1.165, 1.54) is 36.6 Å². The summed E-state index contributed by atoms with van der Waals surface area (Å²) < 4.78 is 29.5. The summed E-state index contributed by atoms with van der Waals surface area (Å²) >= 11 is 0. The van der Waals surface area contributed by atoms with E-state index in [0.717, 1.165) is 12.8 Å². The first kappa shape index (κ1) is 25.6. The number of amides is 1. The van der Waals surface area contributed by atoms with Gasteiger partial charge in [0.15, 0.2) is 12.0 Å². The average Bonchev–Trinajstić information content (AvgIpc) is 2.91. The average molecular weight is 504 g/mol. The van der Waals surface area contributed by atoms with Crippen molar-refractivity contribution in [2.75, 3.05) is 13.2 Å². The number of fused-ring (bicyclic) bond motifs is 1. The van der Waals surface area contributed by atoms with Crippen LogP contribution in [0.15, 0.2) is 88.3 Å². The molecule has 0 bridgehead atoms. The van der Waals surface area contributed by atoms with Crippen LogP contribution in [0.2, 0.25) is 0 Å². The van der Waals surface area contributed by atoms with Crippen molar-refractivity contribution in [2.24, 2.45) is 0 Å².